The Morgan fingerprint density at radius 2 is 2.25 bits per heavy atom. The number of rotatable bonds is 4. The molecule has 2 rings (SSSR count). The summed E-state index contributed by atoms with van der Waals surface area (Å²) >= 11 is 0. The van der Waals surface area contributed by atoms with Crippen molar-refractivity contribution in [2.45, 2.75) is 6.04 Å². The minimum atomic E-state index is -0.0158. The van der Waals surface area contributed by atoms with Crippen LogP contribution < -0.4 is 11.3 Å². The number of nitrogens with zero attached hydrogens (tertiary/aromatic N) is 1. The number of ether oxygens (including phenoxy) is 1. The fraction of sp³-hybridized carbons (Fsp3) is 0.250. The first kappa shape index (κ1) is 11.0. The summed E-state index contributed by atoms with van der Waals surface area (Å²) in [5.74, 6) is 5.53. The first-order valence-electron chi connectivity index (χ1n) is 5.15. The lowest BCUT2D eigenvalue weighted by molar-refractivity contribution is 0.168. The summed E-state index contributed by atoms with van der Waals surface area (Å²) in [6, 6.07) is 9.94. The zero-order valence-corrected chi connectivity index (χ0v) is 9.18. The number of methoxy groups -OCH3 is 1. The van der Waals surface area contributed by atoms with Crippen LogP contribution in [0.5, 0.6) is 0 Å². The highest BCUT2D eigenvalue weighted by Gasteiger charge is 2.12. The van der Waals surface area contributed by atoms with Gasteiger partial charge in [0, 0.05) is 18.7 Å². The molecule has 1 heterocycles. The molecule has 84 valence electrons. The van der Waals surface area contributed by atoms with Crippen LogP contribution >= 0.6 is 0 Å². The predicted octanol–water partition coefficient (Wildman–Crippen LogP) is 1.39. The molecule has 1 atom stereocenters. The molecule has 0 saturated heterocycles. The zero-order chi connectivity index (χ0) is 11.4. The van der Waals surface area contributed by atoms with Crippen molar-refractivity contribution in [3.8, 4) is 0 Å². The highest BCUT2D eigenvalue weighted by atomic mass is 16.5. The molecule has 4 nitrogen and oxygen atoms in total. The lowest BCUT2D eigenvalue weighted by Gasteiger charge is -2.17. The molecule has 0 fully saturated rings. The summed E-state index contributed by atoms with van der Waals surface area (Å²) in [6.45, 7) is 0.532. The van der Waals surface area contributed by atoms with E-state index in [1.54, 1.807) is 13.3 Å². The fourth-order valence-electron chi connectivity index (χ4n) is 1.83. The normalized spacial score (nSPS) is 12.9. The zero-order valence-electron chi connectivity index (χ0n) is 9.18. The Kier molecular flexibility index (Phi) is 3.46. The number of nitrogens with one attached hydrogen (secondary N) is 1. The van der Waals surface area contributed by atoms with Crippen LogP contribution in [0.1, 0.15) is 11.6 Å². The third kappa shape index (κ3) is 2.04. The summed E-state index contributed by atoms with van der Waals surface area (Å²) < 4.78 is 5.14. The smallest absolute Gasteiger partial charge is 0.0705 e. The SMILES string of the molecule is COCC(NN)c1cccc2ncccc12. The molecule has 0 aliphatic heterocycles. The molecule has 0 bridgehead atoms. The van der Waals surface area contributed by atoms with Crippen LogP contribution in [0, 0.1) is 0 Å². The Bertz CT molecular complexity index is 467. The van der Waals surface area contributed by atoms with E-state index >= 15 is 0 Å². The van der Waals surface area contributed by atoms with Crippen LogP contribution in [0.15, 0.2) is 36.5 Å². The Hall–Kier alpha value is -1.49. The van der Waals surface area contributed by atoms with Gasteiger partial charge in [-0.25, -0.2) is 0 Å². The van der Waals surface area contributed by atoms with Gasteiger partial charge in [0.2, 0.25) is 0 Å². The summed E-state index contributed by atoms with van der Waals surface area (Å²) in [6.07, 6.45) is 1.79. The molecule has 0 radical (unpaired) electrons. The van der Waals surface area contributed by atoms with E-state index in [1.165, 1.54) is 0 Å². The van der Waals surface area contributed by atoms with E-state index in [-0.39, 0.29) is 6.04 Å². The summed E-state index contributed by atoms with van der Waals surface area (Å²) in [5.41, 5.74) is 4.83. The molecule has 0 aliphatic rings. The van der Waals surface area contributed by atoms with Gasteiger partial charge in [0.05, 0.1) is 18.2 Å². The molecule has 2 aromatic rings. The number of benzene rings is 1. The fourth-order valence-corrected chi connectivity index (χ4v) is 1.83. The molecule has 0 saturated carbocycles. The molecule has 0 aliphatic carbocycles. The predicted molar refractivity (Wildman–Crippen MR) is 63.7 cm³/mol. The maximum atomic E-state index is 5.53. The highest BCUT2D eigenvalue weighted by molar-refractivity contribution is 5.82. The average molecular weight is 217 g/mol. The number of hydrogen-bond acceptors (Lipinski definition) is 4. The van der Waals surface area contributed by atoms with Crippen LogP contribution in [0.4, 0.5) is 0 Å². The number of pyridine rings is 1. The maximum absolute atomic E-state index is 5.53. The third-order valence-corrected chi connectivity index (χ3v) is 2.59. The molecule has 4 heteroatoms. The first-order valence-corrected chi connectivity index (χ1v) is 5.15. The number of fused-ring (bicyclic) bond motifs is 1. The van der Waals surface area contributed by atoms with E-state index in [9.17, 15) is 0 Å². The second-order valence-electron chi connectivity index (χ2n) is 3.59. The molecular formula is C12H15N3O. The monoisotopic (exact) mass is 217 g/mol. The van der Waals surface area contributed by atoms with Gasteiger partial charge in [0.15, 0.2) is 0 Å². The van der Waals surface area contributed by atoms with Crippen LogP contribution in [0.25, 0.3) is 10.9 Å². The Morgan fingerprint density at radius 3 is 3.00 bits per heavy atom. The molecule has 0 amide bonds. The largest absolute Gasteiger partial charge is 0.383 e. The quantitative estimate of drug-likeness (QED) is 0.600. The van der Waals surface area contributed by atoms with Gasteiger partial charge >= 0.3 is 0 Å². The second kappa shape index (κ2) is 5.03. The number of hydrogen-bond donors (Lipinski definition) is 2. The van der Waals surface area contributed by atoms with Gasteiger partial charge in [0.25, 0.3) is 0 Å². The van der Waals surface area contributed by atoms with E-state index < -0.39 is 0 Å². The van der Waals surface area contributed by atoms with Crippen LogP contribution in [-0.2, 0) is 4.74 Å². The van der Waals surface area contributed by atoms with Crippen molar-refractivity contribution in [2.75, 3.05) is 13.7 Å². The number of aromatic nitrogens is 1. The molecule has 1 aromatic heterocycles. The van der Waals surface area contributed by atoms with Gasteiger partial charge < -0.3 is 4.74 Å². The van der Waals surface area contributed by atoms with E-state index in [0.717, 1.165) is 16.5 Å². The first-order chi connectivity index (χ1) is 7.86. The van der Waals surface area contributed by atoms with Crippen molar-refractivity contribution < 1.29 is 4.74 Å². The molecule has 1 aromatic carbocycles. The van der Waals surface area contributed by atoms with Gasteiger partial charge in [-0.2, -0.15) is 0 Å². The van der Waals surface area contributed by atoms with Crippen LogP contribution in [0.3, 0.4) is 0 Å². The summed E-state index contributed by atoms with van der Waals surface area (Å²) in [5, 5.41) is 1.10. The highest BCUT2D eigenvalue weighted by Crippen LogP contribution is 2.22. The summed E-state index contributed by atoms with van der Waals surface area (Å²) in [7, 11) is 1.66. The van der Waals surface area contributed by atoms with Gasteiger partial charge in [0.1, 0.15) is 0 Å². The van der Waals surface area contributed by atoms with Crippen LogP contribution in [-0.4, -0.2) is 18.7 Å². The lowest BCUT2D eigenvalue weighted by Crippen LogP contribution is -2.31. The molecular weight excluding hydrogens is 202 g/mol. The third-order valence-electron chi connectivity index (χ3n) is 2.59. The lowest BCUT2D eigenvalue weighted by atomic mass is 10.0. The van der Waals surface area contributed by atoms with E-state index in [1.807, 2.05) is 30.3 Å². The summed E-state index contributed by atoms with van der Waals surface area (Å²) in [4.78, 5) is 4.31. The maximum Gasteiger partial charge on any atom is 0.0705 e. The van der Waals surface area contributed by atoms with E-state index in [4.69, 9.17) is 10.6 Å². The standard InChI is InChI=1S/C12H15N3O/c1-16-8-12(15-13)10-4-2-6-11-9(10)5-3-7-14-11/h2-7,12,15H,8,13H2,1H3. The minimum absolute atomic E-state index is 0.0158. The van der Waals surface area contributed by atoms with E-state index in [0.29, 0.717) is 6.61 Å². The van der Waals surface area contributed by atoms with Crippen molar-refractivity contribution in [1.29, 1.82) is 0 Å². The van der Waals surface area contributed by atoms with Crippen molar-refractivity contribution in [3.63, 3.8) is 0 Å². The average Bonchev–Trinajstić information content (AvgIpc) is 2.35. The van der Waals surface area contributed by atoms with Gasteiger partial charge in [-0.1, -0.05) is 18.2 Å². The molecule has 1 unspecified atom stereocenters. The van der Waals surface area contributed by atoms with Gasteiger partial charge in [-0.15, -0.1) is 0 Å². The van der Waals surface area contributed by atoms with Gasteiger partial charge in [-0.05, 0) is 17.7 Å². The van der Waals surface area contributed by atoms with Gasteiger partial charge in [-0.3, -0.25) is 16.3 Å². The van der Waals surface area contributed by atoms with Crippen molar-refractivity contribution in [1.82, 2.24) is 10.4 Å². The second-order valence-corrected chi connectivity index (χ2v) is 3.59. The van der Waals surface area contributed by atoms with Crippen LogP contribution in [0.2, 0.25) is 0 Å². The Balaban J connectivity index is 2.50. The Labute approximate surface area is 94.4 Å². The molecule has 3 N–H and O–H groups in total. The Morgan fingerprint density at radius 1 is 1.38 bits per heavy atom. The van der Waals surface area contributed by atoms with Crippen molar-refractivity contribution in [2.24, 2.45) is 5.84 Å². The van der Waals surface area contributed by atoms with Crippen molar-refractivity contribution in [3.05, 3.63) is 42.1 Å². The number of hydrazine groups is 1. The van der Waals surface area contributed by atoms with E-state index in [2.05, 4.69) is 10.4 Å². The van der Waals surface area contributed by atoms with Crippen molar-refractivity contribution >= 4 is 10.9 Å². The minimum Gasteiger partial charge on any atom is -0.383 e. The molecule has 16 heavy (non-hydrogen) atoms. The topological polar surface area (TPSA) is 60.2 Å². The molecule has 0 spiro atoms. The number of nitrogens with two attached hydrogens (primary N) is 1.